The SMILES string of the molecule is Nc1cc2[nH]cc(C(=O)O)c(=O)n2n1. The van der Waals surface area contributed by atoms with Gasteiger partial charge in [0.25, 0.3) is 5.56 Å². The van der Waals surface area contributed by atoms with Gasteiger partial charge in [0, 0.05) is 12.3 Å². The molecule has 0 amide bonds. The van der Waals surface area contributed by atoms with Crippen molar-refractivity contribution in [1.29, 1.82) is 0 Å². The second-order valence-corrected chi connectivity index (χ2v) is 2.68. The molecule has 14 heavy (non-hydrogen) atoms. The van der Waals surface area contributed by atoms with Gasteiger partial charge in [-0.3, -0.25) is 4.79 Å². The molecule has 2 aromatic rings. The molecule has 7 nitrogen and oxygen atoms in total. The van der Waals surface area contributed by atoms with Crippen molar-refractivity contribution in [3.05, 3.63) is 28.2 Å². The molecule has 0 aromatic carbocycles. The molecule has 0 aliphatic rings. The summed E-state index contributed by atoms with van der Waals surface area (Å²) in [6, 6.07) is 1.44. The Morgan fingerprint density at radius 2 is 2.36 bits per heavy atom. The third-order valence-corrected chi connectivity index (χ3v) is 1.75. The molecule has 0 atom stereocenters. The summed E-state index contributed by atoms with van der Waals surface area (Å²) in [4.78, 5) is 24.6. The number of aromatic amines is 1. The van der Waals surface area contributed by atoms with Crippen LogP contribution in [0.5, 0.6) is 0 Å². The van der Waals surface area contributed by atoms with Crippen molar-refractivity contribution in [3.8, 4) is 0 Å². The molecule has 0 saturated heterocycles. The minimum absolute atomic E-state index is 0.154. The van der Waals surface area contributed by atoms with Gasteiger partial charge >= 0.3 is 5.97 Å². The lowest BCUT2D eigenvalue weighted by molar-refractivity contribution is 0.0694. The van der Waals surface area contributed by atoms with Crippen molar-refractivity contribution < 1.29 is 9.90 Å². The molecule has 0 aliphatic heterocycles. The van der Waals surface area contributed by atoms with Gasteiger partial charge in [0.15, 0.2) is 0 Å². The van der Waals surface area contributed by atoms with E-state index in [1.54, 1.807) is 0 Å². The minimum Gasteiger partial charge on any atom is -0.477 e. The van der Waals surface area contributed by atoms with Crippen molar-refractivity contribution >= 4 is 17.4 Å². The fraction of sp³-hybridized carbons (Fsp3) is 0. The second kappa shape index (κ2) is 2.59. The number of carboxylic acids is 1. The average Bonchev–Trinajstić information content (AvgIpc) is 2.46. The van der Waals surface area contributed by atoms with Crippen LogP contribution in [-0.2, 0) is 0 Å². The Kier molecular flexibility index (Phi) is 1.53. The molecular weight excluding hydrogens is 188 g/mol. The molecule has 2 heterocycles. The van der Waals surface area contributed by atoms with Crippen LogP contribution in [0.2, 0.25) is 0 Å². The standard InChI is InChI=1S/C7H6N4O3/c8-4-1-5-9-2-3(7(13)14)6(12)11(5)10-4/h1-2,9H,(H2,8,10)(H,13,14). The lowest BCUT2D eigenvalue weighted by Crippen LogP contribution is -2.22. The van der Waals surface area contributed by atoms with Gasteiger partial charge in [-0.2, -0.15) is 4.52 Å². The number of nitrogens with two attached hydrogens (primary N) is 1. The van der Waals surface area contributed by atoms with Crippen LogP contribution in [0.25, 0.3) is 5.65 Å². The van der Waals surface area contributed by atoms with Crippen LogP contribution in [0.3, 0.4) is 0 Å². The van der Waals surface area contributed by atoms with Crippen molar-refractivity contribution in [2.24, 2.45) is 0 Å². The Labute approximate surface area is 76.8 Å². The van der Waals surface area contributed by atoms with Crippen LogP contribution >= 0.6 is 0 Å². The van der Waals surface area contributed by atoms with Gasteiger partial charge in [-0.15, -0.1) is 5.10 Å². The number of fused-ring (bicyclic) bond motifs is 1. The average molecular weight is 194 g/mol. The number of carboxylic acid groups (broad SMARTS) is 1. The molecule has 2 aromatic heterocycles. The number of aromatic nitrogens is 3. The molecule has 0 saturated carbocycles. The number of hydrogen-bond donors (Lipinski definition) is 3. The van der Waals surface area contributed by atoms with Gasteiger partial charge in [-0.05, 0) is 0 Å². The van der Waals surface area contributed by atoms with Crippen LogP contribution in [0.15, 0.2) is 17.1 Å². The molecule has 0 unspecified atom stereocenters. The molecule has 4 N–H and O–H groups in total. The van der Waals surface area contributed by atoms with Crippen LogP contribution in [-0.4, -0.2) is 25.7 Å². The van der Waals surface area contributed by atoms with Crippen molar-refractivity contribution in [3.63, 3.8) is 0 Å². The van der Waals surface area contributed by atoms with Gasteiger partial charge in [-0.25, -0.2) is 4.79 Å². The molecule has 0 radical (unpaired) electrons. The van der Waals surface area contributed by atoms with Crippen molar-refractivity contribution in [1.82, 2.24) is 14.6 Å². The van der Waals surface area contributed by atoms with Crippen LogP contribution in [0.4, 0.5) is 5.82 Å². The van der Waals surface area contributed by atoms with E-state index in [1.165, 1.54) is 6.07 Å². The molecule has 0 bridgehead atoms. The zero-order valence-corrected chi connectivity index (χ0v) is 6.89. The first-order valence-corrected chi connectivity index (χ1v) is 3.70. The quantitative estimate of drug-likeness (QED) is 0.555. The van der Waals surface area contributed by atoms with E-state index in [0.29, 0.717) is 5.65 Å². The molecule has 0 aliphatic carbocycles. The Bertz CT molecular complexity index is 568. The Hall–Kier alpha value is -2.31. The summed E-state index contributed by atoms with van der Waals surface area (Å²) in [6.45, 7) is 0. The maximum absolute atomic E-state index is 11.4. The van der Waals surface area contributed by atoms with Gasteiger partial charge < -0.3 is 15.8 Å². The van der Waals surface area contributed by atoms with E-state index in [1.807, 2.05) is 0 Å². The predicted molar refractivity (Wildman–Crippen MR) is 47.2 cm³/mol. The summed E-state index contributed by atoms with van der Waals surface area (Å²) in [5.74, 6) is -1.15. The number of H-pyrrole nitrogens is 1. The highest BCUT2D eigenvalue weighted by molar-refractivity contribution is 5.86. The van der Waals surface area contributed by atoms with E-state index in [2.05, 4.69) is 10.1 Å². The lowest BCUT2D eigenvalue weighted by Gasteiger charge is -1.94. The maximum atomic E-state index is 11.4. The number of nitrogens with one attached hydrogen (secondary N) is 1. The fourth-order valence-corrected chi connectivity index (χ4v) is 1.13. The van der Waals surface area contributed by atoms with Gasteiger partial charge in [0.05, 0.1) is 0 Å². The minimum atomic E-state index is -1.30. The van der Waals surface area contributed by atoms with Crippen molar-refractivity contribution in [2.45, 2.75) is 0 Å². The third-order valence-electron chi connectivity index (χ3n) is 1.75. The normalized spacial score (nSPS) is 10.6. The topological polar surface area (TPSA) is 113 Å². The highest BCUT2D eigenvalue weighted by atomic mass is 16.4. The summed E-state index contributed by atoms with van der Waals surface area (Å²) in [5.41, 5.74) is 4.63. The monoisotopic (exact) mass is 194 g/mol. The van der Waals surface area contributed by atoms with E-state index < -0.39 is 11.5 Å². The van der Waals surface area contributed by atoms with E-state index in [9.17, 15) is 9.59 Å². The van der Waals surface area contributed by atoms with E-state index in [0.717, 1.165) is 10.7 Å². The summed E-state index contributed by atoms with van der Waals surface area (Å²) < 4.78 is 0.915. The number of nitrogen functional groups attached to an aromatic ring is 1. The molecule has 2 rings (SSSR count). The first kappa shape index (κ1) is 8.30. The molecule has 0 fully saturated rings. The molecule has 0 spiro atoms. The predicted octanol–water partition coefficient (Wildman–Crippen LogP) is -0.697. The van der Waals surface area contributed by atoms with Gasteiger partial charge in [-0.1, -0.05) is 0 Å². The van der Waals surface area contributed by atoms with E-state index in [4.69, 9.17) is 10.8 Å². The number of aromatic carboxylic acids is 1. The summed E-state index contributed by atoms with van der Waals surface area (Å²) in [5, 5.41) is 12.3. The fourth-order valence-electron chi connectivity index (χ4n) is 1.13. The smallest absolute Gasteiger partial charge is 0.342 e. The van der Waals surface area contributed by atoms with E-state index in [-0.39, 0.29) is 11.4 Å². The zero-order valence-electron chi connectivity index (χ0n) is 6.89. The number of hydrogen-bond acceptors (Lipinski definition) is 4. The van der Waals surface area contributed by atoms with Gasteiger partial charge in [0.2, 0.25) is 0 Å². The maximum Gasteiger partial charge on any atom is 0.342 e. The Morgan fingerprint density at radius 1 is 1.64 bits per heavy atom. The summed E-state index contributed by atoms with van der Waals surface area (Å²) >= 11 is 0. The number of nitrogens with zero attached hydrogens (tertiary/aromatic N) is 2. The highest BCUT2D eigenvalue weighted by Gasteiger charge is 2.12. The Morgan fingerprint density at radius 3 is 3.00 bits per heavy atom. The zero-order chi connectivity index (χ0) is 10.3. The first-order chi connectivity index (χ1) is 6.59. The number of anilines is 1. The van der Waals surface area contributed by atoms with Crippen LogP contribution < -0.4 is 11.3 Å². The summed E-state index contributed by atoms with van der Waals surface area (Å²) in [7, 11) is 0. The second-order valence-electron chi connectivity index (χ2n) is 2.68. The number of carbonyl (C=O) groups is 1. The highest BCUT2D eigenvalue weighted by Crippen LogP contribution is 2.02. The molecular formula is C7H6N4O3. The van der Waals surface area contributed by atoms with E-state index >= 15 is 0 Å². The van der Waals surface area contributed by atoms with Gasteiger partial charge in [0.1, 0.15) is 17.0 Å². The Balaban J connectivity index is 2.88. The summed E-state index contributed by atoms with van der Waals surface area (Å²) in [6.07, 6.45) is 1.11. The lowest BCUT2D eigenvalue weighted by atomic mass is 10.3. The number of rotatable bonds is 1. The van der Waals surface area contributed by atoms with Crippen molar-refractivity contribution in [2.75, 3.05) is 5.73 Å². The molecule has 7 heteroatoms. The van der Waals surface area contributed by atoms with Crippen LogP contribution in [0, 0.1) is 0 Å². The molecule has 72 valence electrons. The first-order valence-electron chi connectivity index (χ1n) is 3.70. The largest absolute Gasteiger partial charge is 0.477 e. The van der Waals surface area contributed by atoms with Crippen LogP contribution in [0.1, 0.15) is 10.4 Å². The third kappa shape index (κ3) is 1.03.